The van der Waals surface area contributed by atoms with Crippen LogP contribution in [-0.2, 0) is 13.1 Å². The van der Waals surface area contributed by atoms with Crippen molar-refractivity contribution < 1.29 is 0 Å². The van der Waals surface area contributed by atoms with Crippen molar-refractivity contribution >= 4 is 12.4 Å². The molecule has 1 aromatic heterocycles. The van der Waals surface area contributed by atoms with E-state index in [1.807, 2.05) is 10.9 Å². The Morgan fingerprint density at radius 3 is 2.85 bits per heavy atom. The van der Waals surface area contributed by atoms with Crippen LogP contribution in [0.3, 0.4) is 0 Å². The number of aromatic nitrogens is 2. The van der Waals surface area contributed by atoms with Crippen LogP contribution in [-0.4, -0.2) is 16.3 Å². The van der Waals surface area contributed by atoms with Gasteiger partial charge in [0.05, 0.1) is 5.69 Å². The molecule has 0 unspecified atom stereocenters. The van der Waals surface area contributed by atoms with Crippen LogP contribution in [0.1, 0.15) is 26.0 Å². The van der Waals surface area contributed by atoms with E-state index in [1.165, 1.54) is 12.1 Å². The number of hydrogen-bond donors (Lipinski definition) is 1. The van der Waals surface area contributed by atoms with E-state index < -0.39 is 0 Å². The minimum absolute atomic E-state index is 0. The molecule has 13 heavy (non-hydrogen) atoms. The van der Waals surface area contributed by atoms with Crippen LogP contribution in [0.4, 0.5) is 0 Å². The average Bonchev–Trinajstić information content (AvgIpc) is 2.52. The van der Waals surface area contributed by atoms with Crippen LogP contribution in [0.25, 0.3) is 0 Å². The van der Waals surface area contributed by atoms with E-state index in [2.05, 4.69) is 30.3 Å². The van der Waals surface area contributed by atoms with Crippen molar-refractivity contribution in [3.63, 3.8) is 0 Å². The second-order valence-corrected chi connectivity index (χ2v) is 2.82. The van der Waals surface area contributed by atoms with E-state index in [1.54, 1.807) is 0 Å². The van der Waals surface area contributed by atoms with E-state index in [-0.39, 0.29) is 12.4 Å². The fourth-order valence-corrected chi connectivity index (χ4v) is 1.19. The lowest BCUT2D eigenvalue weighted by atomic mass is 10.4. The smallest absolute Gasteiger partial charge is 0.0521 e. The van der Waals surface area contributed by atoms with E-state index in [0.29, 0.717) is 0 Å². The molecule has 0 fully saturated rings. The maximum Gasteiger partial charge on any atom is 0.0521 e. The molecule has 76 valence electrons. The van der Waals surface area contributed by atoms with Crippen molar-refractivity contribution in [3.8, 4) is 0 Å². The molecule has 0 aromatic carbocycles. The minimum Gasteiger partial charge on any atom is -0.311 e. The molecule has 1 rings (SSSR count). The lowest BCUT2D eigenvalue weighted by Crippen LogP contribution is -2.16. The van der Waals surface area contributed by atoms with Crippen molar-refractivity contribution in [2.45, 2.75) is 33.4 Å². The number of aryl methyl sites for hydroxylation is 1. The third-order valence-electron chi connectivity index (χ3n) is 1.84. The highest BCUT2D eigenvalue weighted by Crippen LogP contribution is 1.97. The molecule has 1 N–H and O–H groups in total. The second kappa shape index (κ2) is 6.92. The molecule has 0 aliphatic rings. The van der Waals surface area contributed by atoms with Gasteiger partial charge in [-0.1, -0.05) is 6.92 Å². The summed E-state index contributed by atoms with van der Waals surface area (Å²) >= 11 is 0. The van der Waals surface area contributed by atoms with Crippen LogP contribution >= 0.6 is 12.4 Å². The summed E-state index contributed by atoms with van der Waals surface area (Å²) in [5.74, 6) is 0. The summed E-state index contributed by atoms with van der Waals surface area (Å²) in [5, 5.41) is 7.54. The maximum absolute atomic E-state index is 4.19. The fraction of sp³-hybridized carbons (Fsp3) is 0.667. The number of hydrogen-bond acceptors (Lipinski definition) is 2. The molecular formula is C9H18ClN3. The molecular weight excluding hydrogens is 186 g/mol. The zero-order chi connectivity index (χ0) is 8.81. The van der Waals surface area contributed by atoms with Crippen LogP contribution in [0.15, 0.2) is 12.3 Å². The summed E-state index contributed by atoms with van der Waals surface area (Å²) < 4.78 is 2.02. The molecule has 0 radical (unpaired) electrons. The van der Waals surface area contributed by atoms with Gasteiger partial charge in [0.15, 0.2) is 0 Å². The first-order chi connectivity index (χ1) is 5.88. The quantitative estimate of drug-likeness (QED) is 0.740. The first-order valence-electron chi connectivity index (χ1n) is 4.59. The van der Waals surface area contributed by atoms with Gasteiger partial charge in [-0.05, 0) is 26.0 Å². The van der Waals surface area contributed by atoms with Gasteiger partial charge in [-0.3, -0.25) is 4.68 Å². The van der Waals surface area contributed by atoms with Gasteiger partial charge < -0.3 is 5.32 Å². The monoisotopic (exact) mass is 203 g/mol. The molecule has 3 nitrogen and oxygen atoms in total. The Morgan fingerprint density at radius 2 is 2.23 bits per heavy atom. The zero-order valence-electron chi connectivity index (χ0n) is 8.29. The summed E-state index contributed by atoms with van der Waals surface area (Å²) in [6.45, 7) is 7.24. The zero-order valence-corrected chi connectivity index (χ0v) is 9.10. The number of rotatable bonds is 5. The van der Waals surface area contributed by atoms with E-state index >= 15 is 0 Å². The molecule has 0 bridgehead atoms. The third kappa shape index (κ3) is 3.79. The van der Waals surface area contributed by atoms with Crippen LogP contribution in [0.5, 0.6) is 0 Å². The van der Waals surface area contributed by atoms with Gasteiger partial charge in [0, 0.05) is 19.3 Å². The van der Waals surface area contributed by atoms with Crippen molar-refractivity contribution in [3.05, 3.63) is 18.0 Å². The van der Waals surface area contributed by atoms with E-state index in [4.69, 9.17) is 0 Å². The molecule has 0 atom stereocenters. The van der Waals surface area contributed by atoms with Gasteiger partial charge in [-0.25, -0.2) is 0 Å². The standard InChI is InChI=1S/C9H17N3.ClH/c1-3-6-10-8-9-5-7-11-12(9)4-2;/h5,7,10H,3-4,6,8H2,1-2H3;1H. The van der Waals surface area contributed by atoms with Crippen molar-refractivity contribution in [1.82, 2.24) is 15.1 Å². The lowest BCUT2D eigenvalue weighted by Gasteiger charge is -2.04. The molecule has 0 aliphatic heterocycles. The van der Waals surface area contributed by atoms with Gasteiger partial charge in [-0.2, -0.15) is 5.10 Å². The normalized spacial score (nSPS) is 9.69. The first-order valence-corrected chi connectivity index (χ1v) is 4.59. The first kappa shape index (κ1) is 12.5. The highest BCUT2D eigenvalue weighted by Gasteiger charge is 1.97. The Hall–Kier alpha value is -0.540. The average molecular weight is 204 g/mol. The largest absolute Gasteiger partial charge is 0.311 e. The Labute approximate surface area is 85.9 Å². The lowest BCUT2D eigenvalue weighted by molar-refractivity contribution is 0.579. The number of halogens is 1. The summed E-state index contributed by atoms with van der Waals surface area (Å²) in [7, 11) is 0. The van der Waals surface area contributed by atoms with Crippen LogP contribution in [0.2, 0.25) is 0 Å². The fourth-order valence-electron chi connectivity index (χ4n) is 1.19. The maximum atomic E-state index is 4.19. The summed E-state index contributed by atoms with van der Waals surface area (Å²) in [6, 6.07) is 2.06. The highest BCUT2D eigenvalue weighted by molar-refractivity contribution is 5.85. The molecule has 0 saturated heterocycles. The number of nitrogens with zero attached hydrogens (tertiary/aromatic N) is 2. The molecule has 0 amide bonds. The van der Waals surface area contributed by atoms with E-state index in [9.17, 15) is 0 Å². The van der Waals surface area contributed by atoms with Gasteiger partial charge in [0.25, 0.3) is 0 Å². The van der Waals surface area contributed by atoms with Gasteiger partial charge >= 0.3 is 0 Å². The van der Waals surface area contributed by atoms with Gasteiger partial charge in [0.1, 0.15) is 0 Å². The SMILES string of the molecule is CCCNCc1ccnn1CC.Cl. The second-order valence-electron chi connectivity index (χ2n) is 2.82. The molecule has 0 saturated carbocycles. The summed E-state index contributed by atoms with van der Waals surface area (Å²) in [4.78, 5) is 0. The van der Waals surface area contributed by atoms with Crippen LogP contribution < -0.4 is 5.32 Å². The van der Waals surface area contributed by atoms with Gasteiger partial charge in [-0.15, -0.1) is 12.4 Å². The minimum atomic E-state index is 0. The highest BCUT2D eigenvalue weighted by atomic mass is 35.5. The van der Waals surface area contributed by atoms with E-state index in [0.717, 1.165) is 19.6 Å². The number of nitrogens with one attached hydrogen (secondary N) is 1. The molecule has 0 aliphatic carbocycles. The molecule has 0 spiro atoms. The van der Waals surface area contributed by atoms with Crippen LogP contribution in [0, 0.1) is 0 Å². The predicted molar refractivity (Wildman–Crippen MR) is 57.1 cm³/mol. The van der Waals surface area contributed by atoms with Gasteiger partial charge in [0.2, 0.25) is 0 Å². The molecule has 1 heterocycles. The topological polar surface area (TPSA) is 29.9 Å². The molecule has 1 aromatic rings. The van der Waals surface area contributed by atoms with Crippen molar-refractivity contribution in [1.29, 1.82) is 0 Å². The summed E-state index contributed by atoms with van der Waals surface area (Å²) in [6.07, 6.45) is 3.03. The molecule has 4 heteroatoms. The third-order valence-corrected chi connectivity index (χ3v) is 1.84. The van der Waals surface area contributed by atoms with Crippen molar-refractivity contribution in [2.75, 3.05) is 6.54 Å². The Kier molecular flexibility index (Phi) is 6.63. The summed E-state index contributed by atoms with van der Waals surface area (Å²) in [5.41, 5.74) is 1.27. The Balaban J connectivity index is 0.00000144. The Morgan fingerprint density at radius 1 is 1.46 bits per heavy atom. The van der Waals surface area contributed by atoms with Crippen molar-refractivity contribution in [2.24, 2.45) is 0 Å². The Bertz CT molecular complexity index is 222. The predicted octanol–water partition coefficient (Wildman–Crippen LogP) is 1.82.